The minimum atomic E-state index is -3.76. The van der Waals surface area contributed by atoms with Crippen LogP contribution in [0.4, 0.5) is 5.69 Å². The Morgan fingerprint density at radius 3 is 2.23 bits per heavy atom. The lowest BCUT2D eigenvalue weighted by Crippen LogP contribution is -2.18. The predicted octanol–water partition coefficient (Wildman–Crippen LogP) is 3.05. The highest BCUT2D eigenvalue weighted by atomic mass is 32.2. The third-order valence-corrected chi connectivity index (χ3v) is 4.17. The van der Waals surface area contributed by atoms with Gasteiger partial charge in [0.25, 0.3) is 10.0 Å². The molecule has 2 rings (SSSR count). The highest BCUT2D eigenvalue weighted by Crippen LogP contribution is 2.21. The molecule has 0 atom stereocenters. The second kappa shape index (κ2) is 6.62. The van der Waals surface area contributed by atoms with Gasteiger partial charge in [-0.05, 0) is 38.1 Å². The minimum absolute atomic E-state index is 0.127. The summed E-state index contributed by atoms with van der Waals surface area (Å²) in [6.45, 7) is 3.46. The fraction of sp³-hybridized carbons (Fsp3) is 0.188. The van der Waals surface area contributed by atoms with Crippen LogP contribution in [0.3, 0.4) is 0 Å². The summed E-state index contributed by atoms with van der Waals surface area (Å²) in [7, 11) is -3.76. The second-order valence-electron chi connectivity index (χ2n) is 4.92. The SMILES string of the molecule is CC(C)OC(=O)c1ccccc1NS(=O)(=O)c1ccccc1. The van der Waals surface area contributed by atoms with E-state index in [1.165, 1.54) is 24.3 Å². The molecule has 0 heterocycles. The molecule has 2 aromatic carbocycles. The molecule has 0 saturated carbocycles. The van der Waals surface area contributed by atoms with Gasteiger partial charge in [0.2, 0.25) is 0 Å². The Labute approximate surface area is 130 Å². The molecule has 0 saturated heterocycles. The maximum Gasteiger partial charge on any atom is 0.340 e. The molecular formula is C16H17NO4S. The molecule has 0 radical (unpaired) electrons. The van der Waals surface area contributed by atoms with E-state index in [0.717, 1.165) is 0 Å². The molecule has 0 aliphatic carbocycles. The third-order valence-electron chi connectivity index (χ3n) is 2.79. The van der Waals surface area contributed by atoms with E-state index in [-0.39, 0.29) is 22.3 Å². The van der Waals surface area contributed by atoms with Gasteiger partial charge >= 0.3 is 5.97 Å². The van der Waals surface area contributed by atoms with Crippen molar-refractivity contribution in [2.24, 2.45) is 0 Å². The van der Waals surface area contributed by atoms with Crippen LogP contribution in [0.25, 0.3) is 0 Å². The van der Waals surface area contributed by atoms with Crippen molar-refractivity contribution in [2.75, 3.05) is 4.72 Å². The number of hydrogen-bond donors (Lipinski definition) is 1. The van der Waals surface area contributed by atoms with Crippen LogP contribution in [0.5, 0.6) is 0 Å². The van der Waals surface area contributed by atoms with Crippen LogP contribution in [-0.4, -0.2) is 20.5 Å². The number of benzene rings is 2. The van der Waals surface area contributed by atoms with Crippen molar-refractivity contribution < 1.29 is 17.9 Å². The van der Waals surface area contributed by atoms with Gasteiger partial charge in [-0.25, -0.2) is 13.2 Å². The van der Waals surface area contributed by atoms with Gasteiger partial charge in [-0.15, -0.1) is 0 Å². The molecule has 0 bridgehead atoms. The van der Waals surface area contributed by atoms with Gasteiger partial charge in [-0.3, -0.25) is 4.72 Å². The zero-order valence-corrected chi connectivity index (χ0v) is 13.1. The molecule has 2 aromatic rings. The Morgan fingerprint density at radius 1 is 1.00 bits per heavy atom. The lowest BCUT2D eigenvalue weighted by Gasteiger charge is -2.13. The van der Waals surface area contributed by atoms with Crippen molar-refractivity contribution in [2.45, 2.75) is 24.8 Å². The number of hydrogen-bond acceptors (Lipinski definition) is 4. The summed E-state index contributed by atoms with van der Waals surface area (Å²) in [5.41, 5.74) is 0.368. The van der Waals surface area contributed by atoms with Crippen LogP contribution < -0.4 is 4.72 Å². The van der Waals surface area contributed by atoms with Crippen molar-refractivity contribution in [3.05, 3.63) is 60.2 Å². The fourth-order valence-electron chi connectivity index (χ4n) is 1.83. The molecule has 0 spiro atoms. The molecule has 1 N–H and O–H groups in total. The number of sulfonamides is 1. The second-order valence-corrected chi connectivity index (χ2v) is 6.60. The summed E-state index contributed by atoms with van der Waals surface area (Å²) in [6, 6.07) is 14.3. The Balaban J connectivity index is 2.33. The Hall–Kier alpha value is -2.34. The predicted molar refractivity (Wildman–Crippen MR) is 84.2 cm³/mol. The topological polar surface area (TPSA) is 72.5 Å². The lowest BCUT2D eigenvalue weighted by atomic mass is 10.2. The highest BCUT2D eigenvalue weighted by Gasteiger charge is 2.19. The average molecular weight is 319 g/mol. The average Bonchev–Trinajstić information content (AvgIpc) is 2.47. The molecule has 0 amide bonds. The van der Waals surface area contributed by atoms with Crippen molar-refractivity contribution in [3.63, 3.8) is 0 Å². The number of anilines is 1. The molecule has 0 aliphatic heterocycles. The maximum absolute atomic E-state index is 12.3. The normalized spacial score (nSPS) is 11.2. The van der Waals surface area contributed by atoms with E-state index < -0.39 is 16.0 Å². The van der Waals surface area contributed by atoms with E-state index in [0.29, 0.717) is 0 Å². The number of rotatable bonds is 5. The third kappa shape index (κ3) is 3.85. The summed E-state index contributed by atoms with van der Waals surface area (Å²) < 4.78 is 32.2. The largest absolute Gasteiger partial charge is 0.459 e. The molecule has 22 heavy (non-hydrogen) atoms. The fourth-order valence-corrected chi connectivity index (χ4v) is 2.93. The number of esters is 1. The summed E-state index contributed by atoms with van der Waals surface area (Å²) in [6.07, 6.45) is -0.286. The maximum atomic E-state index is 12.3. The van der Waals surface area contributed by atoms with E-state index in [1.807, 2.05) is 0 Å². The van der Waals surface area contributed by atoms with Gasteiger partial charge in [-0.2, -0.15) is 0 Å². The molecule has 0 unspecified atom stereocenters. The zero-order valence-electron chi connectivity index (χ0n) is 12.3. The number of para-hydroxylation sites is 1. The summed E-state index contributed by atoms with van der Waals surface area (Å²) in [4.78, 5) is 12.2. The summed E-state index contributed by atoms with van der Waals surface area (Å²) in [5, 5.41) is 0. The number of nitrogens with one attached hydrogen (secondary N) is 1. The monoisotopic (exact) mass is 319 g/mol. The van der Waals surface area contributed by atoms with Crippen molar-refractivity contribution in [1.29, 1.82) is 0 Å². The van der Waals surface area contributed by atoms with E-state index in [2.05, 4.69) is 4.72 Å². The van der Waals surface area contributed by atoms with Crippen LogP contribution in [0, 0.1) is 0 Å². The lowest BCUT2D eigenvalue weighted by molar-refractivity contribution is 0.0379. The van der Waals surface area contributed by atoms with Crippen molar-refractivity contribution >= 4 is 21.7 Å². The smallest absolute Gasteiger partial charge is 0.340 e. The molecule has 116 valence electrons. The Kier molecular flexibility index (Phi) is 4.82. The molecule has 0 fully saturated rings. The van der Waals surface area contributed by atoms with Crippen LogP contribution in [0.1, 0.15) is 24.2 Å². The molecule has 0 aromatic heterocycles. The van der Waals surface area contributed by atoms with Gasteiger partial charge in [0.1, 0.15) is 0 Å². The highest BCUT2D eigenvalue weighted by molar-refractivity contribution is 7.92. The van der Waals surface area contributed by atoms with E-state index in [1.54, 1.807) is 44.2 Å². The first-order chi connectivity index (χ1) is 10.4. The van der Waals surface area contributed by atoms with E-state index in [9.17, 15) is 13.2 Å². The first-order valence-corrected chi connectivity index (χ1v) is 8.26. The summed E-state index contributed by atoms with van der Waals surface area (Å²) >= 11 is 0. The van der Waals surface area contributed by atoms with Crippen LogP contribution in [0.2, 0.25) is 0 Å². The van der Waals surface area contributed by atoms with Crippen molar-refractivity contribution in [3.8, 4) is 0 Å². The van der Waals surface area contributed by atoms with E-state index in [4.69, 9.17) is 4.74 Å². The zero-order chi connectivity index (χ0) is 16.2. The first kappa shape index (κ1) is 16.0. The van der Waals surface area contributed by atoms with Crippen molar-refractivity contribution in [1.82, 2.24) is 0 Å². The standard InChI is InChI=1S/C16H17NO4S/c1-12(2)21-16(18)14-10-6-7-11-15(14)17-22(19,20)13-8-4-3-5-9-13/h3-12,17H,1-2H3. The number of carbonyl (C=O) groups excluding carboxylic acids is 1. The van der Waals surface area contributed by atoms with E-state index >= 15 is 0 Å². The van der Waals surface area contributed by atoms with Gasteiger partial charge in [0, 0.05) is 0 Å². The Morgan fingerprint density at radius 2 is 1.59 bits per heavy atom. The van der Waals surface area contributed by atoms with Gasteiger partial charge < -0.3 is 4.74 Å². The molecule has 5 nitrogen and oxygen atoms in total. The summed E-state index contributed by atoms with van der Waals surface area (Å²) in [5.74, 6) is -0.568. The minimum Gasteiger partial charge on any atom is -0.459 e. The van der Waals surface area contributed by atoms with Crippen LogP contribution in [0.15, 0.2) is 59.5 Å². The molecular weight excluding hydrogens is 302 g/mol. The molecule has 0 aliphatic rings. The Bertz CT molecular complexity index is 755. The van der Waals surface area contributed by atoms with Gasteiger partial charge in [0.05, 0.1) is 22.3 Å². The molecule has 6 heteroatoms. The quantitative estimate of drug-likeness (QED) is 0.860. The number of ether oxygens (including phenoxy) is 1. The first-order valence-electron chi connectivity index (χ1n) is 6.78. The van der Waals surface area contributed by atoms with Gasteiger partial charge in [-0.1, -0.05) is 30.3 Å². The van der Waals surface area contributed by atoms with Gasteiger partial charge in [0.15, 0.2) is 0 Å². The number of carbonyl (C=O) groups is 1. The van der Waals surface area contributed by atoms with Crippen LogP contribution >= 0.6 is 0 Å². The van der Waals surface area contributed by atoms with Crippen LogP contribution in [-0.2, 0) is 14.8 Å².